The molecule has 4 fully saturated rings. The van der Waals surface area contributed by atoms with Crippen molar-refractivity contribution in [1.82, 2.24) is 41.7 Å². The fourth-order valence-corrected chi connectivity index (χ4v) is 15.9. The van der Waals surface area contributed by atoms with Crippen molar-refractivity contribution in [2.75, 3.05) is 63.3 Å². The molecular formula is C50H70N8O10S4. The molecule has 2 aromatic carbocycles. The Morgan fingerprint density at radius 3 is 1.44 bits per heavy atom. The van der Waals surface area contributed by atoms with Crippen LogP contribution in [-0.4, -0.2) is 169 Å². The Morgan fingerprint density at radius 2 is 1.03 bits per heavy atom. The van der Waals surface area contributed by atoms with Crippen molar-refractivity contribution in [1.29, 1.82) is 0 Å². The number of aliphatic hydroxyl groups excluding tert-OH is 1. The molecule has 6 amide bonds. The van der Waals surface area contributed by atoms with Crippen molar-refractivity contribution in [2.24, 2.45) is 0 Å². The van der Waals surface area contributed by atoms with Gasteiger partial charge in [-0.05, 0) is 64.8 Å². The van der Waals surface area contributed by atoms with Crippen LogP contribution < -0.4 is 31.9 Å². The molecule has 4 aliphatic heterocycles. The molecular weight excluding hydrogens is 1000 g/mol. The molecule has 0 bridgehead atoms. The summed E-state index contributed by atoms with van der Waals surface area (Å²) in [5, 5.41) is 26.3. The van der Waals surface area contributed by atoms with Crippen LogP contribution in [-0.2, 0) is 43.2 Å². The number of likely N-dealkylation sites (N-methyl/N-ethyl adjacent to an activating group) is 2. The average Bonchev–Trinajstić information content (AvgIpc) is 4.17. The van der Waals surface area contributed by atoms with E-state index >= 15 is 0 Å². The van der Waals surface area contributed by atoms with Gasteiger partial charge in [-0.25, -0.2) is 0 Å². The molecule has 18 nitrogen and oxygen atoms in total. The number of aliphatic hydroxyl groups is 1. The van der Waals surface area contributed by atoms with Crippen molar-refractivity contribution < 1.29 is 48.3 Å². The lowest BCUT2D eigenvalue weighted by atomic mass is 10.0. The Kier molecular flexibility index (Phi) is 22.5. The number of carbonyl (C=O) groups excluding carboxylic acids is 9. The molecule has 4 aliphatic rings. The molecule has 4 heterocycles. The maximum atomic E-state index is 13.1. The molecule has 0 aliphatic carbocycles. The van der Waals surface area contributed by atoms with Crippen LogP contribution in [0.4, 0.5) is 0 Å². The van der Waals surface area contributed by atoms with Crippen LogP contribution in [0.25, 0.3) is 0 Å². The lowest BCUT2D eigenvalue weighted by molar-refractivity contribution is -0.141. The highest BCUT2D eigenvalue weighted by Gasteiger charge is 2.50. The van der Waals surface area contributed by atoms with Gasteiger partial charge in [0, 0.05) is 36.1 Å². The summed E-state index contributed by atoms with van der Waals surface area (Å²) in [7, 11) is 3.84. The van der Waals surface area contributed by atoms with Gasteiger partial charge in [0.25, 0.3) is 11.8 Å². The number of benzene rings is 2. The minimum absolute atomic E-state index is 0.0171. The van der Waals surface area contributed by atoms with E-state index in [0.717, 1.165) is 42.5 Å². The van der Waals surface area contributed by atoms with Gasteiger partial charge in [0.05, 0.1) is 45.4 Å². The van der Waals surface area contributed by atoms with Gasteiger partial charge >= 0.3 is 0 Å². The van der Waals surface area contributed by atoms with Crippen LogP contribution in [0.1, 0.15) is 89.4 Å². The molecule has 2 aromatic rings. The van der Waals surface area contributed by atoms with Crippen molar-refractivity contribution in [3.8, 4) is 0 Å². The van der Waals surface area contributed by atoms with Gasteiger partial charge in [-0.3, -0.25) is 53.0 Å². The fourth-order valence-electron chi connectivity index (χ4n) is 9.15. The van der Waals surface area contributed by atoms with E-state index in [1.165, 1.54) is 13.8 Å². The van der Waals surface area contributed by atoms with E-state index in [9.17, 15) is 48.3 Å². The van der Waals surface area contributed by atoms with Gasteiger partial charge in [-0.15, -0.1) is 47.0 Å². The summed E-state index contributed by atoms with van der Waals surface area (Å²) < 4.78 is 0.0566. The number of hydrogen-bond acceptors (Lipinski definition) is 16. The van der Waals surface area contributed by atoms with E-state index in [4.69, 9.17) is 0 Å². The second-order valence-electron chi connectivity index (χ2n) is 18.5. The Bertz CT molecular complexity index is 2230. The van der Waals surface area contributed by atoms with E-state index in [1.54, 1.807) is 54.6 Å². The number of nitrogens with one attached hydrogen (secondary N) is 6. The van der Waals surface area contributed by atoms with Crippen molar-refractivity contribution in [3.63, 3.8) is 0 Å². The smallest absolute Gasteiger partial charge is 0.290 e. The molecule has 6 rings (SSSR count). The summed E-state index contributed by atoms with van der Waals surface area (Å²) in [5.41, 5.74) is 1.27. The second-order valence-corrected chi connectivity index (χ2v) is 24.9. The first kappa shape index (κ1) is 58.4. The van der Waals surface area contributed by atoms with E-state index in [2.05, 4.69) is 31.9 Å². The Hall–Kier alpha value is -4.45. The number of thioether (sulfide) groups is 4. The summed E-state index contributed by atoms with van der Waals surface area (Å²) in [4.78, 5) is 117. The van der Waals surface area contributed by atoms with Gasteiger partial charge in [0.1, 0.15) is 12.1 Å². The average molecular weight is 1070 g/mol. The zero-order valence-corrected chi connectivity index (χ0v) is 45.1. The highest BCUT2D eigenvalue weighted by molar-refractivity contribution is 8.21. The first-order valence-electron chi connectivity index (χ1n) is 24.4. The largest absolute Gasteiger partial charge is 0.381 e. The van der Waals surface area contributed by atoms with Gasteiger partial charge in [-0.1, -0.05) is 87.4 Å². The molecule has 2 spiro atoms. The van der Waals surface area contributed by atoms with Gasteiger partial charge in [0.2, 0.25) is 29.4 Å². The summed E-state index contributed by atoms with van der Waals surface area (Å²) in [6.07, 6.45) is 1.90. The van der Waals surface area contributed by atoms with E-state index < -0.39 is 72.8 Å². The predicted molar refractivity (Wildman–Crippen MR) is 284 cm³/mol. The molecule has 0 aromatic heterocycles. The zero-order chi connectivity index (χ0) is 52.6. The maximum Gasteiger partial charge on any atom is 0.290 e. The summed E-state index contributed by atoms with van der Waals surface area (Å²) in [6.45, 7) is 7.28. The van der Waals surface area contributed by atoms with Crippen LogP contribution >= 0.6 is 47.0 Å². The lowest BCUT2D eigenvalue weighted by Crippen LogP contribution is -2.54. The van der Waals surface area contributed by atoms with Gasteiger partial charge < -0.3 is 37.0 Å². The first-order valence-corrected chi connectivity index (χ1v) is 28.3. The third-order valence-corrected chi connectivity index (χ3v) is 19.7. The van der Waals surface area contributed by atoms with Crippen LogP contribution in [0.3, 0.4) is 0 Å². The van der Waals surface area contributed by atoms with Crippen LogP contribution in [0.5, 0.6) is 0 Å². The minimum atomic E-state index is -1.50. The number of Topliss-reactive ketones (excluding diaryl/α,β-unsaturated/α-hetero) is 3. The van der Waals surface area contributed by atoms with Crippen molar-refractivity contribution >= 4 is 99.8 Å². The molecule has 3 unspecified atom stereocenters. The predicted octanol–water partition coefficient (Wildman–Crippen LogP) is 2.36. The van der Waals surface area contributed by atoms with E-state index in [-0.39, 0.29) is 43.6 Å². The molecule has 394 valence electrons. The number of carbonyl (C=O) groups is 9. The van der Waals surface area contributed by atoms with Crippen LogP contribution in [0, 0.1) is 0 Å². The van der Waals surface area contributed by atoms with Crippen molar-refractivity contribution in [3.05, 3.63) is 71.8 Å². The highest BCUT2D eigenvalue weighted by atomic mass is 32.2. The summed E-state index contributed by atoms with van der Waals surface area (Å²) in [6, 6.07) is 13.5. The molecule has 22 heteroatoms. The molecule has 0 saturated carbocycles. The number of likely N-dealkylation sites (tertiary alicyclic amines) is 2. The number of amides is 6. The van der Waals surface area contributed by atoms with Crippen LogP contribution in [0.15, 0.2) is 60.7 Å². The molecule has 7 N–H and O–H groups in total. The third kappa shape index (κ3) is 16.3. The topological polar surface area (TPSA) is 253 Å². The normalized spacial score (nSPS) is 21.0. The highest BCUT2D eigenvalue weighted by Crippen LogP contribution is 2.52. The Morgan fingerprint density at radius 1 is 0.611 bits per heavy atom. The van der Waals surface area contributed by atoms with Gasteiger partial charge in [-0.2, -0.15) is 0 Å². The van der Waals surface area contributed by atoms with Gasteiger partial charge in [0.15, 0.2) is 17.7 Å². The monoisotopic (exact) mass is 1070 g/mol. The minimum Gasteiger partial charge on any atom is -0.381 e. The SMILES string of the molecule is CCCC(NC(=O)[C@@H]1CC2(CN1C)SCCS2)C(=O)C(=O)NCC(=O)N[C@H](C(C)=O)c1ccccc1.CCCC(NC(=O)[C@@H]1CC2(CN1C)SCCS2)C(O)C(=O)NCC(=O)N[C@H](C(C)=O)c1ccccc1. The van der Waals surface area contributed by atoms with E-state index in [0.29, 0.717) is 43.2 Å². The van der Waals surface area contributed by atoms with Crippen molar-refractivity contribution in [2.45, 2.75) is 117 Å². The van der Waals surface area contributed by atoms with E-state index in [1.807, 2.05) is 90.9 Å². The molecule has 0 radical (unpaired) electrons. The maximum absolute atomic E-state index is 13.1. The van der Waals surface area contributed by atoms with Crippen LogP contribution in [0.2, 0.25) is 0 Å². The number of nitrogens with zero attached hydrogens (tertiary/aromatic N) is 2. The molecule has 7 atom stereocenters. The molecule has 4 saturated heterocycles. The quantitative estimate of drug-likeness (QED) is 0.0837. The lowest BCUT2D eigenvalue weighted by Gasteiger charge is -2.26. The number of hydrogen-bond donors (Lipinski definition) is 7. The Balaban J connectivity index is 0.000000267. The fraction of sp³-hybridized carbons (Fsp3) is 0.580. The number of rotatable bonds is 22. The standard InChI is InChI=1S/C25H36N4O5S2.C25H34N4O5S2/c2*1-4-8-18(27-23(33)19-13-25(15-29(19)3)35-11-12-36-25)22(32)24(34)26-14-20(31)28-21(16(2)30)17-9-6-5-7-10-17/h5-7,9-10,18-19,21-22,32H,4,8,11-15H2,1-3H3,(H,26,34)(H,27,33)(H,28,31);5-7,9-10,18-19,21H,4,8,11-15H2,1-3H3,(H,26,34)(H,27,33)(H,28,31)/t18?,19-,21+,22?;18?,19-,21+/m00/s1. The first-order chi connectivity index (χ1) is 34.3. The third-order valence-electron chi connectivity index (χ3n) is 12.8. The Labute approximate surface area is 439 Å². The second kappa shape index (κ2) is 27.7. The number of ketones is 3. The summed E-state index contributed by atoms with van der Waals surface area (Å²) in [5.74, 6) is -0.286. The summed E-state index contributed by atoms with van der Waals surface area (Å²) >= 11 is 7.56. The molecule has 72 heavy (non-hydrogen) atoms. The zero-order valence-electron chi connectivity index (χ0n) is 41.9.